The Hall–Kier alpha value is -3.71. The zero-order chi connectivity index (χ0) is 25.6. The van der Waals surface area contributed by atoms with E-state index in [1.165, 1.54) is 18.2 Å². The molecule has 1 aliphatic rings. The van der Waals surface area contributed by atoms with E-state index < -0.39 is 11.6 Å². The molecule has 192 valence electrons. The highest BCUT2D eigenvalue weighted by molar-refractivity contribution is 5.56. The second-order valence-electron chi connectivity index (χ2n) is 9.29. The molecule has 7 heteroatoms. The largest absolute Gasteiger partial charge is 0.454 e. The van der Waals surface area contributed by atoms with E-state index in [1.54, 1.807) is 0 Å². The molecule has 3 aromatic carbocycles. The normalized spacial score (nSPS) is 12.4. The third-order valence-corrected chi connectivity index (χ3v) is 6.67. The van der Waals surface area contributed by atoms with Gasteiger partial charge < -0.3 is 14.0 Å². The van der Waals surface area contributed by atoms with Crippen LogP contribution in [0.3, 0.4) is 0 Å². The average molecular weight is 504 g/mol. The van der Waals surface area contributed by atoms with E-state index in [2.05, 4.69) is 28.5 Å². The van der Waals surface area contributed by atoms with Crippen LogP contribution in [-0.2, 0) is 26.1 Å². The molecule has 2 heterocycles. The predicted molar refractivity (Wildman–Crippen MR) is 139 cm³/mol. The molecule has 0 fully saturated rings. The minimum atomic E-state index is -0.512. The Bertz CT molecular complexity index is 1320. The van der Waals surface area contributed by atoms with Crippen LogP contribution in [0.5, 0.6) is 11.5 Å². The van der Waals surface area contributed by atoms with Crippen molar-refractivity contribution in [2.45, 2.75) is 45.8 Å². The van der Waals surface area contributed by atoms with E-state index in [1.807, 2.05) is 42.6 Å². The monoisotopic (exact) mass is 503 g/mol. The quantitative estimate of drug-likeness (QED) is 0.231. The summed E-state index contributed by atoms with van der Waals surface area (Å²) in [5.74, 6) is 1.36. The first kappa shape index (κ1) is 25.0. The van der Waals surface area contributed by atoms with Crippen molar-refractivity contribution in [1.29, 1.82) is 0 Å². The molecule has 0 saturated heterocycles. The second kappa shape index (κ2) is 11.6. The van der Waals surface area contributed by atoms with Crippen molar-refractivity contribution in [2.75, 3.05) is 13.3 Å². The molecule has 5 nitrogen and oxygen atoms in total. The lowest BCUT2D eigenvalue weighted by Gasteiger charge is -2.24. The molecule has 37 heavy (non-hydrogen) atoms. The number of ether oxygens (including phenoxy) is 2. The molecule has 0 amide bonds. The fraction of sp³-hybridized carbons (Fsp3) is 0.300. The maximum atomic E-state index is 14.4. The summed E-state index contributed by atoms with van der Waals surface area (Å²) in [4.78, 5) is 6.98. The van der Waals surface area contributed by atoms with Crippen LogP contribution in [0, 0.1) is 11.6 Å². The van der Waals surface area contributed by atoms with Crippen LogP contribution < -0.4 is 9.47 Å². The van der Waals surface area contributed by atoms with E-state index in [9.17, 15) is 8.78 Å². The summed E-state index contributed by atoms with van der Waals surface area (Å²) in [6.45, 7) is 4.91. The van der Waals surface area contributed by atoms with Crippen molar-refractivity contribution in [1.82, 2.24) is 14.5 Å². The molecule has 1 aliphatic heterocycles. The highest BCUT2D eigenvalue weighted by atomic mass is 19.1. The Labute approximate surface area is 216 Å². The number of fused-ring (bicyclic) bond motifs is 1. The fourth-order valence-corrected chi connectivity index (χ4v) is 4.70. The van der Waals surface area contributed by atoms with Gasteiger partial charge in [-0.15, -0.1) is 0 Å². The third-order valence-electron chi connectivity index (χ3n) is 6.67. The lowest BCUT2D eigenvalue weighted by Crippen LogP contribution is -2.27. The smallest absolute Gasteiger partial charge is 0.231 e. The van der Waals surface area contributed by atoms with E-state index in [-0.39, 0.29) is 18.8 Å². The predicted octanol–water partition coefficient (Wildman–Crippen LogP) is 6.60. The summed E-state index contributed by atoms with van der Waals surface area (Å²) >= 11 is 0. The van der Waals surface area contributed by atoms with Crippen LogP contribution >= 0.6 is 0 Å². The van der Waals surface area contributed by atoms with Crippen molar-refractivity contribution in [3.8, 4) is 22.9 Å². The third kappa shape index (κ3) is 5.83. The van der Waals surface area contributed by atoms with Gasteiger partial charge in [0.2, 0.25) is 6.79 Å². The highest BCUT2D eigenvalue weighted by Crippen LogP contribution is 2.33. The van der Waals surface area contributed by atoms with Crippen LogP contribution in [0.25, 0.3) is 11.4 Å². The first-order valence-electron chi connectivity index (χ1n) is 12.8. The van der Waals surface area contributed by atoms with Crippen LogP contribution in [0.1, 0.15) is 36.6 Å². The number of halogens is 2. The van der Waals surface area contributed by atoms with Crippen LogP contribution in [0.4, 0.5) is 8.78 Å². The SMILES string of the molecule is CCCCn1c(CN(CCc2c(F)cccc2F)Cc2ccc3c(c2)OCO3)cnc1-c1ccccc1. The van der Waals surface area contributed by atoms with Gasteiger partial charge in [0, 0.05) is 37.3 Å². The molecule has 0 bridgehead atoms. The maximum absolute atomic E-state index is 14.4. The molecule has 0 saturated carbocycles. The number of benzene rings is 3. The Morgan fingerprint density at radius 3 is 2.49 bits per heavy atom. The van der Waals surface area contributed by atoms with E-state index in [4.69, 9.17) is 14.5 Å². The second-order valence-corrected chi connectivity index (χ2v) is 9.29. The molecule has 0 aliphatic carbocycles. The Morgan fingerprint density at radius 1 is 0.919 bits per heavy atom. The van der Waals surface area contributed by atoms with E-state index in [0.29, 0.717) is 19.6 Å². The topological polar surface area (TPSA) is 39.5 Å². The van der Waals surface area contributed by atoms with Crippen molar-refractivity contribution in [2.24, 2.45) is 0 Å². The maximum Gasteiger partial charge on any atom is 0.231 e. The van der Waals surface area contributed by atoms with E-state index >= 15 is 0 Å². The van der Waals surface area contributed by atoms with Gasteiger partial charge >= 0.3 is 0 Å². The van der Waals surface area contributed by atoms with Crippen LogP contribution in [-0.4, -0.2) is 27.8 Å². The average Bonchev–Trinajstić information content (AvgIpc) is 3.54. The fourth-order valence-electron chi connectivity index (χ4n) is 4.70. The minimum absolute atomic E-state index is 0.114. The summed E-state index contributed by atoms with van der Waals surface area (Å²) in [5, 5.41) is 0. The Balaban J connectivity index is 1.43. The Morgan fingerprint density at radius 2 is 1.70 bits per heavy atom. The molecule has 0 unspecified atom stereocenters. The first-order valence-corrected chi connectivity index (χ1v) is 12.8. The van der Waals surface area contributed by atoms with Gasteiger partial charge in [0.05, 0.1) is 11.9 Å². The van der Waals surface area contributed by atoms with Gasteiger partial charge in [0.25, 0.3) is 0 Å². The number of unbranched alkanes of at least 4 members (excludes halogenated alkanes) is 1. The van der Waals surface area contributed by atoms with Crippen molar-refractivity contribution < 1.29 is 18.3 Å². The number of hydrogen-bond donors (Lipinski definition) is 0. The van der Waals surface area contributed by atoms with Crippen molar-refractivity contribution in [3.63, 3.8) is 0 Å². The van der Waals surface area contributed by atoms with Gasteiger partial charge in [-0.05, 0) is 42.7 Å². The van der Waals surface area contributed by atoms with Gasteiger partial charge in [-0.2, -0.15) is 0 Å². The van der Waals surface area contributed by atoms with Gasteiger partial charge in [-0.25, -0.2) is 13.8 Å². The molecule has 0 N–H and O–H groups in total. The highest BCUT2D eigenvalue weighted by Gasteiger charge is 2.19. The van der Waals surface area contributed by atoms with Gasteiger partial charge in [-0.1, -0.05) is 55.8 Å². The number of nitrogens with zero attached hydrogens (tertiary/aromatic N) is 3. The molecular weight excluding hydrogens is 472 g/mol. The zero-order valence-electron chi connectivity index (χ0n) is 21.0. The van der Waals surface area contributed by atoms with E-state index in [0.717, 1.165) is 53.5 Å². The molecule has 1 aromatic heterocycles. The van der Waals surface area contributed by atoms with Gasteiger partial charge in [-0.3, -0.25) is 4.90 Å². The number of aromatic nitrogens is 2. The molecule has 0 radical (unpaired) electrons. The van der Waals surface area contributed by atoms with Crippen molar-refractivity contribution in [3.05, 3.63) is 101 Å². The molecule has 0 atom stereocenters. The summed E-state index contributed by atoms with van der Waals surface area (Å²) in [5.41, 5.74) is 3.30. The summed E-state index contributed by atoms with van der Waals surface area (Å²) in [6.07, 6.45) is 4.29. The molecule has 4 aromatic rings. The Kier molecular flexibility index (Phi) is 7.80. The minimum Gasteiger partial charge on any atom is -0.454 e. The lowest BCUT2D eigenvalue weighted by molar-refractivity contribution is 0.174. The lowest BCUT2D eigenvalue weighted by atomic mass is 10.1. The molecule has 5 rings (SSSR count). The number of rotatable bonds is 11. The molecular formula is C30H31F2N3O2. The van der Waals surface area contributed by atoms with Gasteiger partial charge in [0.1, 0.15) is 17.5 Å². The summed E-state index contributed by atoms with van der Waals surface area (Å²) in [7, 11) is 0. The molecule has 0 spiro atoms. The zero-order valence-corrected chi connectivity index (χ0v) is 21.0. The number of hydrogen-bond acceptors (Lipinski definition) is 4. The van der Waals surface area contributed by atoms with Crippen LogP contribution in [0.2, 0.25) is 0 Å². The van der Waals surface area contributed by atoms with Crippen LogP contribution in [0.15, 0.2) is 72.9 Å². The number of imidazole rings is 1. The first-order chi connectivity index (χ1) is 18.1. The summed E-state index contributed by atoms with van der Waals surface area (Å²) < 4.78 is 42.1. The summed E-state index contributed by atoms with van der Waals surface area (Å²) in [6, 6.07) is 20.1. The standard InChI is InChI=1S/C30H31F2N3O2/c1-2-3-15-35-24(18-33-30(35)23-8-5-4-6-9-23)20-34(16-14-25-26(31)10-7-11-27(25)32)19-22-12-13-28-29(17-22)37-21-36-28/h4-13,17-18H,2-3,14-16,19-21H2,1H3. The van der Waals surface area contributed by atoms with Gasteiger partial charge in [0.15, 0.2) is 11.5 Å². The van der Waals surface area contributed by atoms with Crippen molar-refractivity contribution >= 4 is 0 Å².